The Morgan fingerprint density at radius 3 is 2.42 bits per heavy atom. The van der Waals surface area contributed by atoms with Crippen molar-refractivity contribution in [1.29, 1.82) is 0 Å². The molecule has 2 aromatic carbocycles. The van der Waals surface area contributed by atoms with Gasteiger partial charge in [0.2, 0.25) is 5.91 Å². The smallest absolute Gasteiger partial charge is 0.244 e. The summed E-state index contributed by atoms with van der Waals surface area (Å²) < 4.78 is 15.1. The van der Waals surface area contributed by atoms with Crippen molar-refractivity contribution in [2.45, 2.75) is 19.4 Å². The van der Waals surface area contributed by atoms with Crippen LogP contribution in [0.5, 0.6) is 0 Å². The molecule has 1 aromatic heterocycles. The van der Waals surface area contributed by atoms with Crippen molar-refractivity contribution in [3.63, 3.8) is 0 Å². The van der Waals surface area contributed by atoms with E-state index in [1.54, 1.807) is 22.9 Å². The maximum atomic E-state index is 13.5. The molecule has 1 amide bonds. The Hall–Kier alpha value is -3.97. The maximum absolute atomic E-state index is 13.5. The molecule has 2 heterocycles. The predicted octanol–water partition coefficient (Wildman–Crippen LogP) is 5.90. The number of benzene rings is 2. The summed E-state index contributed by atoms with van der Waals surface area (Å²) in [5, 5.41) is 5.37. The number of amides is 1. The number of carbonyl (C=O) groups is 1. The molecule has 1 aliphatic carbocycles. The van der Waals surface area contributed by atoms with Crippen molar-refractivity contribution >= 4 is 23.6 Å². The van der Waals surface area contributed by atoms with E-state index in [2.05, 4.69) is 28.7 Å². The Kier molecular flexibility index (Phi) is 7.84. The molecule has 1 saturated heterocycles. The van der Waals surface area contributed by atoms with E-state index in [1.807, 2.05) is 41.3 Å². The third kappa shape index (κ3) is 5.94. The standard InChI is InChI=1S/C30H29ClFN5O/c1-2-22-7-9-24(10-8-22)30-33-29(23-11-14-26(32)15-12-23)34-37(30)21-28(38)36-19-17-35(18-20-36)27-6-4-3-5-25(31)13-16-27/h2-3,5,7-16H,1,4,6,17-21H2/b5-3-,25-13+,27-16+. The molecule has 0 unspecified atom stereocenters. The number of piperazine rings is 1. The minimum atomic E-state index is -0.325. The van der Waals surface area contributed by atoms with E-state index in [9.17, 15) is 9.18 Å². The highest BCUT2D eigenvalue weighted by Gasteiger charge is 2.24. The Bertz CT molecular complexity index is 1400. The van der Waals surface area contributed by atoms with E-state index in [4.69, 9.17) is 16.6 Å². The molecule has 0 bridgehead atoms. The van der Waals surface area contributed by atoms with Gasteiger partial charge in [-0.2, -0.15) is 0 Å². The molecule has 1 aliphatic heterocycles. The number of halogens is 2. The summed E-state index contributed by atoms with van der Waals surface area (Å²) in [4.78, 5) is 22.3. The molecule has 6 nitrogen and oxygen atoms in total. The van der Waals surface area contributed by atoms with Gasteiger partial charge in [0.05, 0.1) is 0 Å². The van der Waals surface area contributed by atoms with Crippen molar-refractivity contribution in [3.8, 4) is 22.8 Å². The average molecular weight is 530 g/mol. The van der Waals surface area contributed by atoms with Crippen LogP contribution in [0.2, 0.25) is 0 Å². The van der Waals surface area contributed by atoms with Gasteiger partial charge in [0.15, 0.2) is 11.6 Å². The second-order valence-corrected chi connectivity index (χ2v) is 9.70. The van der Waals surface area contributed by atoms with E-state index in [0.717, 1.165) is 42.1 Å². The second-order valence-electron chi connectivity index (χ2n) is 9.27. The molecular weight excluding hydrogens is 501 g/mol. The van der Waals surface area contributed by atoms with Crippen LogP contribution in [-0.4, -0.2) is 56.7 Å². The van der Waals surface area contributed by atoms with Gasteiger partial charge in [-0.15, -0.1) is 5.10 Å². The SMILES string of the molecule is C=Cc1ccc(-c2nc(-c3ccc(F)cc3)nn2CC(=O)N2CCN(/C3=C/C=C(Cl)\C=C/CC3)CC2)cc1. The lowest BCUT2D eigenvalue weighted by Gasteiger charge is -2.37. The minimum absolute atomic E-state index is 0.0123. The van der Waals surface area contributed by atoms with E-state index in [0.29, 0.717) is 30.3 Å². The highest BCUT2D eigenvalue weighted by atomic mass is 35.5. The zero-order valence-electron chi connectivity index (χ0n) is 21.1. The molecule has 0 atom stereocenters. The van der Waals surface area contributed by atoms with Gasteiger partial charge in [-0.1, -0.05) is 54.6 Å². The number of hydrogen-bond donors (Lipinski definition) is 0. The Morgan fingerprint density at radius 1 is 1.00 bits per heavy atom. The first-order valence-corrected chi connectivity index (χ1v) is 13.1. The number of carbonyl (C=O) groups excluding carboxylic acids is 1. The average Bonchev–Trinajstić information content (AvgIpc) is 3.35. The molecule has 5 rings (SSSR count). The largest absolute Gasteiger partial charge is 0.371 e. The van der Waals surface area contributed by atoms with Crippen LogP contribution in [0.4, 0.5) is 4.39 Å². The highest BCUT2D eigenvalue weighted by Crippen LogP contribution is 2.24. The fraction of sp³-hybridized carbons (Fsp3) is 0.233. The lowest BCUT2D eigenvalue weighted by Crippen LogP contribution is -2.49. The van der Waals surface area contributed by atoms with Crippen LogP contribution in [0.25, 0.3) is 28.9 Å². The summed E-state index contributed by atoms with van der Waals surface area (Å²) in [6.45, 7) is 6.67. The lowest BCUT2D eigenvalue weighted by molar-refractivity contribution is -0.133. The molecule has 1 fully saturated rings. The van der Waals surface area contributed by atoms with Crippen molar-refractivity contribution in [2.75, 3.05) is 26.2 Å². The number of allylic oxidation sites excluding steroid dienone is 6. The monoisotopic (exact) mass is 529 g/mol. The molecule has 0 N–H and O–H groups in total. The van der Waals surface area contributed by atoms with Gasteiger partial charge in [0.1, 0.15) is 12.4 Å². The first kappa shape index (κ1) is 25.7. The molecule has 194 valence electrons. The third-order valence-corrected chi connectivity index (χ3v) is 7.03. The van der Waals surface area contributed by atoms with Crippen LogP contribution in [0.15, 0.2) is 90.1 Å². The molecule has 38 heavy (non-hydrogen) atoms. The summed E-state index contributed by atoms with van der Waals surface area (Å²) >= 11 is 6.18. The maximum Gasteiger partial charge on any atom is 0.244 e. The number of rotatable bonds is 6. The van der Waals surface area contributed by atoms with Crippen molar-refractivity contribution in [3.05, 3.63) is 102 Å². The number of aromatic nitrogens is 3. The van der Waals surface area contributed by atoms with Gasteiger partial charge < -0.3 is 9.80 Å². The van der Waals surface area contributed by atoms with Crippen LogP contribution in [0, 0.1) is 5.82 Å². The molecule has 3 aromatic rings. The number of nitrogens with zero attached hydrogens (tertiary/aromatic N) is 5. The number of hydrogen-bond acceptors (Lipinski definition) is 4. The normalized spacial score (nSPS) is 19.5. The van der Waals surface area contributed by atoms with Crippen LogP contribution < -0.4 is 0 Å². The Balaban J connectivity index is 1.33. The van der Waals surface area contributed by atoms with E-state index >= 15 is 0 Å². The molecule has 0 spiro atoms. The third-order valence-electron chi connectivity index (χ3n) is 6.78. The van der Waals surface area contributed by atoms with Crippen LogP contribution in [0.1, 0.15) is 18.4 Å². The summed E-state index contributed by atoms with van der Waals surface area (Å²) in [7, 11) is 0. The van der Waals surface area contributed by atoms with Gasteiger partial charge in [-0.05, 0) is 60.9 Å². The zero-order valence-corrected chi connectivity index (χ0v) is 21.8. The summed E-state index contributed by atoms with van der Waals surface area (Å²) in [5.74, 6) is 0.695. The van der Waals surface area contributed by atoms with Gasteiger partial charge >= 0.3 is 0 Å². The van der Waals surface area contributed by atoms with Gasteiger partial charge in [-0.3, -0.25) is 4.79 Å². The highest BCUT2D eigenvalue weighted by molar-refractivity contribution is 6.31. The van der Waals surface area contributed by atoms with Crippen LogP contribution in [-0.2, 0) is 11.3 Å². The second kappa shape index (κ2) is 11.6. The molecule has 2 aliphatic rings. The van der Waals surface area contributed by atoms with E-state index < -0.39 is 0 Å². The van der Waals surface area contributed by atoms with Gasteiger partial charge in [0, 0.05) is 48.0 Å². The van der Waals surface area contributed by atoms with E-state index in [-0.39, 0.29) is 18.3 Å². The molecule has 0 saturated carbocycles. The minimum Gasteiger partial charge on any atom is -0.371 e. The van der Waals surface area contributed by atoms with Crippen LogP contribution >= 0.6 is 11.6 Å². The molecule has 0 radical (unpaired) electrons. The topological polar surface area (TPSA) is 54.3 Å². The predicted molar refractivity (Wildman–Crippen MR) is 149 cm³/mol. The Labute approximate surface area is 227 Å². The molecule has 8 heteroatoms. The van der Waals surface area contributed by atoms with Crippen molar-refractivity contribution in [1.82, 2.24) is 24.6 Å². The summed E-state index contributed by atoms with van der Waals surface area (Å²) in [5.41, 5.74) is 3.75. The molecular formula is C30H29ClFN5O. The van der Waals surface area contributed by atoms with Gasteiger partial charge in [0.25, 0.3) is 0 Å². The first-order chi connectivity index (χ1) is 18.5. The quantitative estimate of drug-likeness (QED) is 0.399. The summed E-state index contributed by atoms with van der Waals surface area (Å²) in [6, 6.07) is 13.8. The van der Waals surface area contributed by atoms with Crippen molar-refractivity contribution in [2.24, 2.45) is 0 Å². The fourth-order valence-electron chi connectivity index (χ4n) is 4.63. The summed E-state index contributed by atoms with van der Waals surface area (Å²) in [6.07, 6.45) is 11.7. The van der Waals surface area contributed by atoms with Crippen molar-refractivity contribution < 1.29 is 9.18 Å². The first-order valence-electron chi connectivity index (χ1n) is 12.7. The zero-order chi connectivity index (χ0) is 26.5. The van der Waals surface area contributed by atoms with Gasteiger partial charge in [-0.25, -0.2) is 14.1 Å². The fourth-order valence-corrected chi connectivity index (χ4v) is 4.78. The van der Waals surface area contributed by atoms with Crippen LogP contribution in [0.3, 0.4) is 0 Å². The Morgan fingerprint density at radius 2 is 1.71 bits per heavy atom. The lowest BCUT2D eigenvalue weighted by atomic mass is 10.1. The van der Waals surface area contributed by atoms with E-state index in [1.165, 1.54) is 17.8 Å².